The number of H-pyrrole nitrogens is 1. The van der Waals surface area contributed by atoms with Gasteiger partial charge in [-0.25, -0.2) is 4.39 Å². The molecule has 1 amide bonds. The fraction of sp³-hybridized carbons (Fsp3) is 0.304. The number of hydrogen-bond acceptors (Lipinski definition) is 3. The van der Waals surface area contributed by atoms with Crippen molar-refractivity contribution in [2.24, 2.45) is 0 Å². The van der Waals surface area contributed by atoms with Gasteiger partial charge in [-0.3, -0.25) is 9.89 Å². The number of aromatic hydroxyl groups is 1. The molecular formula is C23H26FN3O2. The van der Waals surface area contributed by atoms with E-state index >= 15 is 0 Å². The topological polar surface area (TPSA) is 69.2 Å². The summed E-state index contributed by atoms with van der Waals surface area (Å²) in [5.74, 6) is -0.426. The van der Waals surface area contributed by atoms with Crippen LogP contribution in [0.1, 0.15) is 40.9 Å². The molecule has 0 saturated carbocycles. The van der Waals surface area contributed by atoms with Crippen molar-refractivity contribution in [1.29, 1.82) is 0 Å². The lowest BCUT2D eigenvalue weighted by Crippen LogP contribution is -2.27. The van der Waals surface area contributed by atoms with Crippen molar-refractivity contribution in [3.05, 3.63) is 71.2 Å². The molecule has 0 spiro atoms. The van der Waals surface area contributed by atoms with Crippen LogP contribution < -0.4 is 0 Å². The van der Waals surface area contributed by atoms with Gasteiger partial charge in [0.2, 0.25) is 0 Å². The van der Waals surface area contributed by atoms with Crippen LogP contribution in [0.4, 0.5) is 4.39 Å². The Balaban J connectivity index is 1.43. The van der Waals surface area contributed by atoms with Gasteiger partial charge in [-0.15, -0.1) is 0 Å². The highest BCUT2D eigenvalue weighted by molar-refractivity contribution is 5.96. The largest absolute Gasteiger partial charge is 0.507 e. The lowest BCUT2D eigenvalue weighted by Gasteiger charge is -2.18. The molecule has 0 bridgehead atoms. The van der Waals surface area contributed by atoms with Crippen LogP contribution in [0.25, 0.3) is 11.3 Å². The molecule has 2 N–H and O–H groups in total. The maximum Gasteiger partial charge on any atom is 0.257 e. The first kappa shape index (κ1) is 20.6. The number of phenols is 1. The number of amides is 1. The van der Waals surface area contributed by atoms with Crippen LogP contribution in [0.15, 0.2) is 48.5 Å². The van der Waals surface area contributed by atoms with Gasteiger partial charge in [-0.05, 0) is 56.5 Å². The van der Waals surface area contributed by atoms with Crippen LogP contribution >= 0.6 is 0 Å². The minimum Gasteiger partial charge on any atom is -0.507 e. The predicted octanol–water partition coefficient (Wildman–Crippen LogP) is 4.71. The van der Waals surface area contributed by atoms with Crippen LogP contribution in [0, 0.1) is 12.7 Å². The standard InChI is InChI=1S/C23H26FN3O2/c1-16-10-11-22(28)20(13-16)23(29)27(2)12-5-3-4-9-19-15-21(26-25-19)17-7-6-8-18(24)14-17/h6-8,10-11,13-15,28H,3-5,9,12H2,1-2H3,(H,25,26). The monoisotopic (exact) mass is 395 g/mol. The van der Waals surface area contributed by atoms with Crippen molar-refractivity contribution in [3.8, 4) is 17.0 Å². The summed E-state index contributed by atoms with van der Waals surface area (Å²) in [6.45, 7) is 2.52. The average molecular weight is 395 g/mol. The zero-order valence-corrected chi connectivity index (χ0v) is 16.8. The third-order valence-corrected chi connectivity index (χ3v) is 4.92. The smallest absolute Gasteiger partial charge is 0.257 e. The number of carbonyl (C=O) groups excluding carboxylic acids is 1. The van der Waals surface area contributed by atoms with Crippen molar-refractivity contribution in [3.63, 3.8) is 0 Å². The van der Waals surface area contributed by atoms with E-state index in [2.05, 4.69) is 10.2 Å². The molecule has 0 aliphatic heterocycles. The first-order chi connectivity index (χ1) is 13.9. The first-order valence-electron chi connectivity index (χ1n) is 9.79. The Kier molecular flexibility index (Phi) is 6.65. The molecule has 0 unspecified atom stereocenters. The lowest BCUT2D eigenvalue weighted by atomic mass is 10.1. The molecule has 2 aromatic carbocycles. The third kappa shape index (κ3) is 5.44. The molecule has 0 fully saturated rings. The van der Waals surface area contributed by atoms with Crippen LogP contribution in [-0.2, 0) is 6.42 Å². The molecule has 6 heteroatoms. The normalized spacial score (nSPS) is 10.9. The fourth-order valence-electron chi connectivity index (χ4n) is 3.25. The van der Waals surface area contributed by atoms with Crippen molar-refractivity contribution in [2.45, 2.75) is 32.6 Å². The second kappa shape index (κ2) is 9.37. The molecule has 0 radical (unpaired) electrons. The Labute approximate surface area is 170 Å². The van der Waals surface area contributed by atoms with E-state index in [-0.39, 0.29) is 17.5 Å². The van der Waals surface area contributed by atoms with E-state index in [1.165, 1.54) is 12.1 Å². The molecular weight excluding hydrogens is 369 g/mol. The molecule has 0 saturated heterocycles. The Morgan fingerprint density at radius 2 is 1.97 bits per heavy atom. The van der Waals surface area contributed by atoms with Crippen molar-refractivity contribution < 1.29 is 14.3 Å². The molecule has 3 rings (SSSR count). The van der Waals surface area contributed by atoms with Gasteiger partial charge in [0, 0.05) is 24.8 Å². The number of halogens is 1. The van der Waals surface area contributed by atoms with E-state index in [9.17, 15) is 14.3 Å². The van der Waals surface area contributed by atoms with Gasteiger partial charge in [-0.1, -0.05) is 30.2 Å². The highest BCUT2D eigenvalue weighted by Crippen LogP contribution is 2.21. The Morgan fingerprint density at radius 1 is 1.14 bits per heavy atom. The summed E-state index contributed by atoms with van der Waals surface area (Å²) in [5, 5.41) is 17.2. The Bertz CT molecular complexity index is 984. The van der Waals surface area contributed by atoms with Gasteiger partial charge in [-0.2, -0.15) is 5.10 Å². The number of nitrogens with zero attached hydrogens (tertiary/aromatic N) is 2. The zero-order chi connectivity index (χ0) is 20.8. The summed E-state index contributed by atoms with van der Waals surface area (Å²) < 4.78 is 13.3. The van der Waals surface area contributed by atoms with Gasteiger partial charge in [0.05, 0.1) is 11.3 Å². The highest BCUT2D eigenvalue weighted by Gasteiger charge is 2.15. The maximum absolute atomic E-state index is 13.3. The number of rotatable bonds is 8. The van der Waals surface area contributed by atoms with E-state index in [0.717, 1.165) is 48.2 Å². The summed E-state index contributed by atoms with van der Waals surface area (Å²) in [7, 11) is 1.75. The molecule has 152 valence electrons. The number of nitrogens with one attached hydrogen (secondary N) is 1. The van der Waals surface area contributed by atoms with Crippen molar-refractivity contribution >= 4 is 5.91 Å². The Morgan fingerprint density at radius 3 is 2.76 bits per heavy atom. The van der Waals surface area contributed by atoms with Crippen LogP contribution in [0.5, 0.6) is 5.75 Å². The van der Waals surface area contributed by atoms with Crippen molar-refractivity contribution in [2.75, 3.05) is 13.6 Å². The van der Waals surface area contributed by atoms with Crippen LogP contribution in [0.3, 0.4) is 0 Å². The first-order valence-corrected chi connectivity index (χ1v) is 9.79. The zero-order valence-electron chi connectivity index (χ0n) is 16.8. The second-order valence-electron chi connectivity index (χ2n) is 7.35. The summed E-state index contributed by atoms with van der Waals surface area (Å²) in [5.41, 5.74) is 3.79. The second-order valence-corrected chi connectivity index (χ2v) is 7.35. The van der Waals surface area contributed by atoms with Crippen LogP contribution in [-0.4, -0.2) is 39.7 Å². The van der Waals surface area contributed by atoms with E-state index in [0.29, 0.717) is 12.1 Å². The minimum absolute atomic E-state index is 0.0146. The summed E-state index contributed by atoms with van der Waals surface area (Å²) in [4.78, 5) is 14.1. The van der Waals surface area contributed by atoms with Crippen LogP contribution in [0.2, 0.25) is 0 Å². The van der Waals surface area contributed by atoms with E-state index in [1.54, 1.807) is 36.2 Å². The SMILES string of the molecule is Cc1ccc(O)c(C(=O)N(C)CCCCCc2cc(-c3cccc(F)c3)n[nH]2)c1. The molecule has 0 atom stereocenters. The number of unbranched alkanes of at least 4 members (excludes halogenated alkanes) is 2. The molecule has 0 aliphatic carbocycles. The number of aromatic nitrogens is 2. The summed E-state index contributed by atoms with van der Waals surface area (Å²) >= 11 is 0. The number of aryl methyl sites for hydroxylation is 2. The maximum atomic E-state index is 13.3. The summed E-state index contributed by atoms with van der Waals surface area (Å²) in [6.07, 6.45) is 3.65. The fourth-order valence-corrected chi connectivity index (χ4v) is 3.25. The number of phenolic OH excluding ortho intramolecular Hbond substituents is 1. The highest BCUT2D eigenvalue weighted by atomic mass is 19.1. The average Bonchev–Trinajstić information content (AvgIpc) is 3.18. The van der Waals surface area contributed by atoms with E-state index in [1.807, 2.05) is 19.1 Å². The molecule has 29 heavy (non-hydrogen) atoms. The molecule has 3 aromatic rings. The lowest BCUT2D eigenvalue weighted by molar-refractivity contribution is 0.0789. The van der Waals surface area contributed by atoms with Crippen molar-refractivity contribution in [1.82, 2.24) is 15.1 Å². The molecule has 5 nitrogen and oxygen atoms in total. The quantitative estimate of drug-likeness (QED) is 0.543. The van der Waals surface area contributed by atoms with Gasteiger partial charge < -0.3 is 10.0 Å². The molecule has 0 aliphatic rings. The third-order valence-electron chi connectivity index (χ3n) is 4.92. The molecule has 1 aromatic heterocycles. The van der Waals surface area contributed by atoms with E-state index in [4.69, 9.17) is 0 Å². The van der Waals surface area contributed by atoms with Gasteiger partial charge in [0.1, 0.15) is 11.6 Å². The predicted molar refractivity (Wildman–Crippen MR) is 111 cm³/mol. The van der Waals surface area contributed by atoms with Gasteiger partial charge in [0.15, 0.2) is 0 Å². The number of aromatic amines is 1. The van der Waals surface area contributed by atoms with E-state index < -0.39 is 0 Å². The number of hydrogen-bond donors (Lipinski definition) is 2. The van der Waals surface area contributed by atoms with Gasteiger partial charge >= 0.3 is 0 Å². The Hall–Kier alpha value is -3.15. The number of carbonyl (C=O) groups is 1. The minimum atomic E-state index is -0.273. The summed E-state index contributed by atoms with van der Waals surface area (Å²) in [6, 6.07) is 13.4. The van der Waals surface area contributed by atoms with Gasteiger partial charge in [0.25, 0.3) is 5.91 Å². The molecule has 1 heterocycles. The number of benzene rings is 2.